The molecule has 128 valence electrons. The van der Waals surface area contributed by atoms with Crippen LogP contribution in [-0.4, -0.2) is 55.1 Å². The first-order valence-corrected chi connectivity index (χ1v) is 8.61. The molecule has 2 aromatic rings. The van der Waals surface area contributed by atoms with Crippen molar-refractivity contribution < 1.29 is 14.3 Å². The Kier molecular flexibility index (Phi) is 4.89. The highest BCUT2D eigenvalue weighted by Gasteiger charge is 2.33. The summed E-state index contributed by atoms with van der Waals surface area (Å²) in [5.41, 5.74) is 1.61. The standard InChI is InChI=1S/C17H21N3O3S/c1-12-11-19(13-7-5-4-6-8-13)9-10-20(12)16(21)14-15(22-2)18-24-17(14)23-3/h4-8,12H,9-11H2,1-3H3. The molecule has 0 N–H and O–H groups in total. The first kappa shape index (κ1) is 16.6. The van der Waals surface area contributed by atoms with Crippen molar-refractivity contribution in [1.82, 2.24) is 9.27 Å². The third-order valence-corrected chi connectivity index (χ3v) is 5.03. The largest absolute Gasteiger partial charge is 0.485 e. The normalized spacial score (nSPS) is 17.7. The highest BCUT2D eigenvalue weighted by Crippen LogP contribution is 2.34. The van der Waals surface area contributed by atoms with Crippen molar-refractivity contribution in [3.05, 3.63) is 35.9 Å². The van der Waals surface area contributed by atoms with E-state index in [2.05, 4.69) is 28.3 Å². The molecule has 1 saturated heterocycles. The minimum atomic E-state index is -0.0855. The minimum absolute atomic E-state index is 0.0840. The highest BCUT2D eigenvalue weighted by molar-refractivity contribution is 7.08. The number of carbonyl (C=O) groups is 1. The number of piperazine rings is 1. The van der Waals surface area contributed by atoms with E-state index in [1.54, 1.807) is 7.11 Å². The first-order chi connectivity index (χ1) is 11.7. The summed E-state index contributed by atoms with van der Waals surface area (Å²) in [5, 5.41) is 0.495. The minimum Gasteiger partial charge on any atom is -0.485 e. The Morgan fingerprint density at radius 3 is 2.58 bits per heavy atom. The molecule has 0 aliphatic carbocycles. The van der Waals surface area contributed by atoms with E-state index in [9.17, 15) is 4.79 Å². The van der Waals surface area contributed by atoms with Gasteiger partial charge in [0.2, 0.25) is 10.9 Å². The molecule has 0 bridgehead atoms. The molecule has 1 aliphatic rings. The van der Waals surface area contributed by atoms with Crippen LogP contribution in [0.15, 0.2) is 30.3 Å². The zero-order valence-electron chi connectivity index (χ0n) is 14.1. The van der Waals surface area contributed by atoms with Crippen LogP contribution < -0.4 is 14.4 Å². The summed E-state index contributed by atoms with van der Waals surface area (Å²) in [6.45, 7) is 4.29. The molecule has 1 unspecified atom stereocenters. The van der Waals surface area contributed by atoms with Crippen molar-refractivity contribution in [2.75, 3.05) is 38.8 Å². The number of hydrogen-bond acceptors (Lipinski definition) is 6. The monoisotopic (exact) mass is 347 g/mol. The maximum atomic E-state index is 13.0. The van der Waals surface area contributed by atoms with Crippen LogP contribution in [0, 0.1) is 0 Å². The lowest BCUT2D eigenvalue weighted by Crippen LogP contribution is -2.54. The van der Waals surface area contributed by atoms with Gasteiger partial charge in [0.05, 0.1) is 14.2 Å². The molecule has 0 spiro atoms. The fraction of sp³-hybridized carbons (Fsp3) is 0.412. The summed E-state index contributed by atoms with van der Waals surface area (Å²) in [7, 11) is 3.06. The molecular formula is C17H21N3O3S. The number of hydrogen-bond donors (Lipinski definition) is 0. The molecule has 3 rings (SSSR count). The van der Waals surface area contributed by atoms with E-state index < -0.39 is 0 Å². The topological polar surface area (TPSA) is 54.9 Å². The zero-order valence-corrected chi connectivity index (χ0v) is 14.9. The molecule has 1 atom stereocenters. The molecule has 1 aromatic carbocycles. The van der Waals surface area contributed by atoms with E-state index in [0.717, 1.165) is 24.6 Å². The van der Waals surface area contributed by atoms with E-state index >= 15 is 0 Å². The third-order valence-electron chi connectivity index (χ3n) is 4.23. The van der Waals surface area contributed by atoms with Gasteiger partial charge < -0.3 is 19.3 Å². The van der Waals surface area contributed by atoms with Crippen LogP contribution in [0.25, 0.3) is 0 Å². The van der Waals surface area contributed by atoms with Crippen LogP contribution in [0.3, 0.4) is 0 Å². The van der Waals surface area contributed by atoms with E-state index in [0.29, 0.717) is 23.1 Å². The number of amides is 1. The van der Waals surface area contributed by atoms with Gasteiger partial charge in [-0.1, -0.05) is 18.2 Å². The van der Waals surface area contributed by atoms with Gasteiger partial charge in [-0.15, -0.1) is 0 Å². The zero-order chi connectivity index (χ0) is 17.1. The molecule has 0 radical (unpaired) electrons. The average molecular weight is 347 g/mol. The number of aromatic nitrogens is 1. The quantitative estimate of drug-likeness (QED) is 0.851. The van der Waals surface area contributed by atoms with Gasteiger partial charge in [-0.2, -0.15) is 4.37 Å². The van der Waals surface area contributed by atoms with Crippen LogP contribution in [-0.2, 0) is 0 Å². The van der Waals surface area contributed by atoms with Crippen molar-refractivity contribution in [1.29, 1.82) is 0 Å². The maximum absolute atomic E-state index is 13.0. The smallest absolute Gasteiger partial charge is 0.264 e. The lowest BCUT2D eigenvalue weighted by atomic mass is 10.1. The van der Waals surface area contributed by atoms with Crippen LogP contribution in [0.4, 0.5) is 5.69 Å². The number of carbonyl (C=O) groups excluding carboxylic acids is 1. The Hall–Kier alpha value is -2.28. The number of anilines is 1. The first-order valence-electron chi connectivity index (χ1n) is 7.84. The molecule has 1 aromatic heterocycles. The van der Waals surface area contributed by atoms with E-state index in [-0.39, 0.29) is 11.9 Å². The van der Waals surface area contributed by atoms with Crippen molar-refractivity contribution in [3.8, 4) is 10.9 Å². The third kappa shape index (κ3) is 3.03. The SMILES string of the molecule is COc1nsc(OC)c1C(=O)N1CCN(c2ccccc2)CC1C. The summed E-state index contributed by atoms with van der Waals surface area (Å²) in [6, 6.07) is 10.3. The van der Waals surface area contributed by atoms with Crippen LogP contribution in [0.2, 0.25) is 0 Å². The highest BCUT2D eigenvalue weighted by atomic mass is 32.1. The molecule has 24 heavy (non-hydrogen) atoms. The van der Waals surface area contributed by atoms with Gasteiger partial charge in [-0.05, 0) is 19.1 Å². The molecule has 2 heterocycles. The van der Waals surface area contributed by atoms with Crippen molar-refractivity contribution in [2.45, 2.75) is 13.0 Å². The second kappa shape index (κ2) is 7.09. The second-order valence-corrected chi connectivity index (χ2v) is 6.42. The predicted octanol–water partition coefficient (Wildman–Crippen LogP) is 2.51. The number of para-hydroxylation sites is 1. The van der Waals surface area contributed by atoms with E-state index in [1.165, 1.54) is 12.8 Å². The van der Waals surface area contributed by atoms with E-state index in [1.807, 2.05) is 23.1 Å². The summed E-state index contributed by atoms with van der Waals surface area (Å²) >= 11 is 1.14. The molecule has 0 saturated carbocycles. The number of benzene rings is 1. The summed E-state index contributed by atoms with van der Waals surface area (Å²) in [6.07, 6.45) is 0. The lowest BCUT2D eigenvalue weighted by molar-refractivity contribution is 0.0668. The average Bonchev–Trinajstić information content (AvgIpc) is 3.05. The molecule has 1 aliphatic heterocycles. The summed E-state index contributed by atoms with van der Waals surface area (Å²) < 4.78 is 14.7. The molecule has 6 nitrogen and oxygen atoms in total. The van der Waals surface area contributed by atoms with Gasteiger partial charge in [-0.3, -0.25) is 4.79 Å². The van der Waals surface area contributed by atoms with Gasteiger partial charge in [-0.25, -0.2) is 0 Å². The van der Waals surface area contributed by atoms with Gasteiger partial charge in [0.25, 0.3) is 5.91 Å². The Morgan fingerprint density at radius 2 is 1.96 bits per heavy atom. The fourth-order valence-corrected chi connectivity index (χ4v) is 3.67. The van der Waals surface area contributed by atoms with Gasteiger partial charge in [0, 0.05) is 42.9 Å². The van der Waals surface area contributed by atoms with Crippen molar-refractivity contribution in [2.24, 2.45) is 0 Å². The molecule has 1 amide bonds. The van der Waals surface area contributed by atoms with Gasteiger partial charge in [0.1, 0.15) is 0 Å². The van der Waals surface area contributed by atoms with Gasteiger partial charge >= 0.3 is 0 Å². The Morgan fingerprint density at radius 1 is 1.21 bits per heavy atom. The second-order valence-electron chi connectivity index (χ2n) is 5.69. The fourth-order valence-electron chi connectivity index (χ4n) is 3.00. The molecule has 1 fully saturated rings. The lowest BCUT2D eigenvalue weighted by Gasteiger charge is -2.41. The van der Waals surface area contributed by atoms with Crippen LogP contribution in [0.5, 0.6) is 10.9 Å². The van der Waals surface area contributed by atoms with E-state index in [4.69, 9.17) is 9.47 Å². The number of ether oxygens (including phenoxy) is 2. The predicted molar refractivity (Wildman–Crippen MR) is 94.4 cm³/mol. The Labute approximate surface area is 145 Å². The Balaban J connectivity index is 1.77. The summed E-state index contributed by atoms with van der Waals surface area (Å²) in [5.74, 6) is 0.247. The number of rotatable bonds is 4. The molecular weight excluding hydrogens is 326 g/mol. The molecule has 7 heteroatoms. The van der Waals surface area contributed by atoms with Crippen molar-refractivity contribution in [3.63, 3.8) is 0 Å². The van der Waals surface area contributed by atoms with Gasteiger partial charge in [0.15, 0.2) is 5.56 Å². The maximum Gasteiger partial charge on any atom is 0.264 e. The van der Waals surface area contributed by atoms with Crippen molar-refractivity contribution >= 4 is 23.1 Å². The van der Waals surface area contributed by atoms with Crippen LogP contribution >= 0.6 is 11.5 Å². The number of nitrogens with zero attached hydrogens (tertiary/aromatic N) is 3. The Bertz CT molecular complexity index is 683. The van der Waals surface area contributed by atoms with Crippen LogP contribution in [0.1, 0.15) is 17.3 Å². The number of methoxy groups -OCH3 is 2. The summed E-state index contributed by atoms with van der Waals surface area (Å²) in [4.78, 5) is 17.2.